The van der Waals surface area contributed by atoms with E-state index in [4.69, 9.17) is 15.2 Å². The van der Waals surface area contributed by atoms with E-state index in [0.29, 0.717) is 24.6 Å². The Balaban J connectivity index is 1.43. The van der Waals surface area contributed by atoms with E-state index in [2.05, 4.69) is 25.9 Å². The summed E-state index contributed by atoms with van der Waals surface area (Å²) < 4.78 is 12.1. The monoisotopic (exact) mass is 543 g/mol. The molecule has 12 nitrogen and oxygen atoms in total. The second-order valence-corrected chi connectivity index (χ2v) is 9.51. The van der Waals surface area contributed by atoms with E-state index in [0.717, 1.165) is 35.6 Å². The van der Waals surface area contributed by atoms with Crippen LogP contribution >= 0.6 is 0 Å². The zero-order valence-electron chi connectivity index (χ0n) is 21.9. The van der Waals surface area contributed by atoms with Gasteiger partial charge in [-0.1, -0.05) is 42.0 Å². The molecule has 1 atom stereocenters. The summed E-state index contributed by atoms with van der Waals surface area (Å²) in [5.41, 5.74) is 6.81. The number of hydrogen-bond donors (Lipinski definition) is 3. The number of pyridine rings is 1. The van der Waals surface area contributed by atoms with E-state index >= 15 is 0 Å². The van der Waals surface area contributed by atoms with E-state index in [-0.39, 0.29) is 17.3 Å². The molecule has 1 saturated carbocycles. The van der Waals surface area contributed by atoms with Crippen molar-refractivity contribution in [1.29, 1.82) is 0 Å². The molecule has 0 spiro atoms. The SMILES string of the molecule is COC(Oc1ccc(NC(=O)c2ccc(Cn3ccnn3)c3ccccc23)c(C(=O)NCC2CCC2)n1)C(N)=O. The highest BCUT2D eigenvalue weighted by Crippen LogP contribution is 2.27. The Bertz CT molecular complexity index is 1540. The molecule has 1 fully saturated rings. The van der Waals surface area contributed by atoms with Gasteiger partial charge in [0.1, 0.15) is 0 Å². The molecule has 4 N–H and O–H groups in total. The molecule has 0 aliphatic heterocycles. The number of fused-ring (bicyclic) bond motifs is 1. The quantitative estimate of drug-likeness (QED) is 0.243. The summed E-state index contributed by atoms with van der Waals surface area (Å²) in [6.45, 7) is 0.992. The van der Waals surface area contributed by atoms with Gasteiger partial charge in [-0.2, -0.15) is 0 Å². The van der Waals surface area contributed by atoms with Gasteiger partial charge in [0, 0.05) is 31.5 Å². The Hall–Kier alpha value is -4.84. The van der Waals surface area contributed by atoms with Crippen molar-refractivity contribution in [2.45, 2.75) is 32.1 Å². The van der Waals surface area contributed by atoms with E-state index in [1.807, 2.05) is 30.3 Å². The number of ether oxygens (including phenoxy) is 2. The molecule has 0 saturated heterocycles. The normalized spacial score (nSPS) is 13.8. The lowest BCUT2D eigenvalue weighted by molar-refractivity contribution is -0.144. The highest BCUT2D eigenvalue weighted by molar-refractivity contribution is 6.15. The van der Waals surface area contributed by atoms with Crippen LogP contribution in [0.5, 0.6) is 5.88 Å². The third-order valence-corrected chi connectivity index (χ3v) is 6.85. The van der Waals surface area contributed by atoms with Gasteiger partial charge in [0.15, 0.2) is 5.69 Å². The maximum Gasteiger partial charge on any atom is 0.287 e. The van der Waals surface area contributed by atoms with Crippen LogP contribution in [0, 0.1) is 5.92 Å². The first kappa shape index (κ1) is 26.8. The molecule has 5 rings (SSSR count). The van der Waals surface area contributed by atoms with Gasteiger partial charge in [-0.3, -0.25) is 14.4 Å². The van der Waals surface area contributed by atoms with Gasteiger partial charge in [-0.05, 0) is 47.2 Å². The van der Waals surface area contributed by atoms with Gasteiger partial charge in [0.05, 0.1) is 18.4 Å². The lowest BCUT2D eigenvalue weighted by Crippen LogP contribution is -2.36. The van der Waals surface area contributed by atoms with Gasteiger partial charge in [0.2, 0.25) is 5.88 Å². The van der Waals surface area contributed by atoms with Crippen molar-refractivity contribution in [2.24, 2.45) is 11.7 Å². The molecule has 2 aromatic heterocycles. The molecule has 40 heavy (non-hydrogen) atoms. The first-order valence-corrected chi connectivity index (χ1v) is 12.9. The van der Waals surface area contributed by atoms with Crippen LogP contribution in [0.25, 0.3) is 10.8 Å². The zero-order valence-corrected chi connectivity index (χ0v) is 21.9. The third kappa shape index (κ3) is 5.91. The minimum Gasteiger partial charge on any atom is -0.438 e. The molecule has 2 heterocycles. The number of nitrogens with one attached hydrogen (secondary N) is 2. The fourth-order valence-corrected chi connectivity index (χ4v) is 4.51. The average Bonchev–Trinajstić information content (AvgIpc) is 3.44. The highest BCUT2D eigenvalue weighted by atomic mass is 16.7. The summed E-state index contributed by atoms with van der Waals surface area (Å²) in [5, 5.41) is 15.2. The zero-order chi connectivity index (χ0) is 28.1. The molecular weight excluding hydrogens is 514 g/mol. The molecule has 0 radical (unpaired) electrons. The Kier molecular flexibility index (Phi) is 7.97. The summed E-state index contributed by atoms with van der Waals surface area (Å²) in [4.78, 5) is 42.5. The first-order valence-electron chi connectivity index (χ1n) is 12.9. The van der Waals surface area contributed by atoms with Crippen molar-refractivity contribution in [3.05, 3.63) is 77.7 Å². The number of nitrogens with two attached hydrogens (primary N) is 1. The van der Waals surface area contributed by atoms with Crippen LogP contribution in [0.1, 0.15) is 45.7 Å². The summed E-state index contributed by atoms with van der Waals surface area (Å²) in [6.07, 6.45) is 5.23. The number of carbonyl (C=O) groups is 3. The fraction of sp³-hybridized carbons (Fsp3) is 0.286. The lowest BCUT2D eigenvalue weighted by atomic mass is 9.85. The average molecular weight is 544 g/mol. The summed E-state index contributed by atoms with van der Waals surface area (Å²) in [6, 6.07) is 14.1. The molecule has 3 amide bonds. The predicted octanol–water partition coefficient (Wildman–Crippen LogP) is 2.49. The number of methoxy groups -OCH3 is 1. The van der Waals surface area contributed by atoms with Gasteiger partial charge < -0.3 is 25.8 Å². The molecule has 206 valence electrons. The van der Waals surface area contributed by atoms with Crippen LogP contribution in [0.3, 0.4) is 0 Å². The molecule has 0 bridgehead atoms. The van der Waals surface area contributed by atoms with Crippen LogP contribution in [-0.2, 0) is 16.1 Å². The Morgan fingerprint density at radius 3 is 2.55 bits per heavy atom. The van der Waals surface area contributed by atoms with Crippen LogP contribution in [0.15, 0.2) is 60.9 Å². The van der Waals surface area contributed by atoms with Gasteiger partial charge in [-0.15, -0.1) is 5.10 Å². The molecule has 1 aliphatic rings. The molecule has 4 aromatic rings. The molecule has 2 aromatic carbocycles. The number of primary amides is 1. The van der Waals surface area contributed by atoms with Crippen LogP contribution in [0.2, 0.25) is 0 Å². The van der Waals surface area contributed by atoms with Crippen LogP contribution < -0.4 is 21.1 Å². The number of nitrogens with zero attached hydrogens (tertiary/aromatic N) is 4. The second kappa shape index (κ2) is 11.9. The number of amides is 3. The lowest BCUT2D eigenvalue weighted by Gasteiger charge is -2.25. The standard InChI is InChI=1S/C28H29N7O5/c1-39-28(25(29)36)40-23-12-11-22(24(33-23)27(38)30-15-17-5-4-6-17)32-26(37)21-10-9-18(16-35-14-13-31-34-35)19-7-2-3-8-20(19)21/h2-3,7-14,17,28H,4-6,15-16H2,1H3,(H2,29,36)(H,30,38)(H,32,37). The second-order valence-electron chi connectivity index (χ2n) is 9.51. The van der Waals surface area contributed by atoms with Gasteiger partial charge in [0.25, 0.3) is 24.0 Å². The van der Waals surface area contributed by atoms with Crippen LogP contribution in [0.4, 0.5) is 5.69 Å². The maximum atomic E-state index is 13.5. The first-order chi connectivity index (χ1) is 19.4. The van der Waals surface area contributed by atoms with Crippen molar-refractivity contribution in [3.63, 3.8) is 0 Å². The van der Waals surface area contributed by atoms with Gasteiger partial charge >= 0.3 is 0 Å². The number of anilines is 1. The number of carbonyl (C=O) groups excluding carboxylic acids is 3. The minimum absolute atomic E-state index is 0.0552. The van der Waals surface area contributed by atoms with Crippen molar-refractivity contribution in [3.8, 4) is 5.88 Å². The topological polar surface area (TPSA) is 163 Å². The number of hydrogen-bond acceptors (Lipinski definition) is 8. The largest absolute Gasteiger partial charge is 0.438 e. The number of rotatable bonds is 11. The van der Waals surface area contributed by atoms with Crippen molar-refractivity contribution in [1.82, 2.24) is 25.3 Å². The van der Waals surface area contributed by atoms with E-state index < -0.39 is 24.0 Å². The summed E-state index contributed by atoms with van der Waals surface area (Å²) >= 11 is 0. The molecular formula is C28H29N7O5. The summed E-state index contributed by atoms with van der Waals surface area (Å²) in [5.74, 6) is -1.39. The Morgan fingerprint density at radius 1 is 1.07 bits per heavy atom. The number of aromatic nitrogens is 4. The Labute approximate surface area is 229 Å². The van der Waals surface area contributed by atoms with Crippen LogP contribution in [-0.4, -0.2) is 57.6 Å². The van der Waals surface area contributed by atoms with E-state index in [1.165, 1.54) is 19.2 Å². The van der Waals surface area contributed by atoms with Gasteiger partial charge in [-0.25, -0.2) is 9.67 Å². The summed E-state index contributed by atoms with van der Waals surface area (Å²) in [7, 11) is 1.26. The Morgan fingerprint density at radius 2 is 1.88 bits per heavy atom. The number of benzene rings is 2. The molecule has 12 heteroatoms. The van der Waals surface area contributed by atoms with Crippen molar-refractivity contribution >= 4 is 34.2 Å². The van der Waals surface area contributed by atoms with Crippen molar-refractivity contribution in [2.75, 3.05) is 19.0 Å². The fourth-order valence-electron chi connectivity index (χ4n) is 4.51. The van der Waals surface area contributed by atoms with E-state index in [1.54, 1.807) is 23.1 Å². The van der Waals surface area contributed by atoms with Crippen molar-refractivity contribution < 1.29 is 23.9 Å². The minimum atomic E-state index is -1.39. The maximum absolute atomic E-state index is 13.5. The molecule has 1 aliphatic carbocycles. The molecule has 1 unspecified atom stereocenters. The van der Waals surface area contributed by atoms with E-state index in [9.17, 15) is 14.4 Å². The highest BCUT2D eigenvalue weighted by Gasteiger charge is 2.24. The third-order valence-electron chi connectivity index (χ3n) is 6.85. The smallest absolute Gasteiger partial charge is 0.287 e. The predicted molar refractivity (Wildman–Crippen MR) is 146 cm³/mol.